The summed E-state index contributed by atoms with van der Waals surface area (Å²) in [4.78, 5) is 4.22. The maximum absolute atomic E-state index is 6.08. The lowest BCUT2D eigenvalue weighted by molar-refractivity contribution is 0.351. The van der Waals surface area contributed by atoms with E-state index in [0.717, 1.165) is 11.3 Å². The summed E-state index contributed by atoms with van der Waals surface area (Å²) >= 11 is 12.1. The standard InChI is InChI=1S/C17H22Cl2N4O2.HI/c1-20-17(22-10-12-8-13(18)16(19)23(12)2)21-9-11-6-5-7-14(24-3)15(11)25-4;/h5-8H,9-10H2,1-4H3,(H2,20,21,22);1H. The predicted octanol–water partition coefficient (Wildman–Crippen LogP) is 3.83. The molecule has 2 rings (SSSR count). The molecular weight excluding hydrogens is 490 g/mol. The van der Waals surface area contributed by atoms with Crippen molar-refractivity contribution in [3.63, 3.8) is 0 Å². The van der Waals surface area contributed by atoms with E-state index in [4.69, 9.17) is 32.7 Å². The lowest BCUT2D eigenvalue weighted by Gasteiger charge is -2.15. The SMILES string of the molecule is CN=C(NCc1cccc(OC)c1OC)NCc1cc(Cl)c(Cl)n1C.I. The first-order valence-corrected chi connectivity index (χ1v) is 8.41. The zero-order valence-electron chi connectivity index (χ0n) is 15.1. The van der Waals surface area contributed by atoms with Gasteiger partial charge in [-0.2, -0.15) is 0 Å². The van der Waals surface area contributed by atoms with Crippen LogP contribution in [0.15, 0.2) is 29.3 Å². The summed E-state index contributed by atoms with van der Waals surface area (Å²) in [6.45, 7) is 1.08. The number of hydrogen-bond acceptors (Lipinski definition) is 3. The number of methoxy groups -OCH3 is 2. The van der Waals surface area contributed by atoms with Gasteiger partial charge in [-0.25, -0.2) is 0 Å². The van der Waals surface area contributed by atoms with Crippen molar-refractivity contribution in [3.8, 4) is 11.5 Å². The molecule has 1 aromatic heterocycles. The highest BCUT2D eigenvalue weighted by atomic mass is 127. The molecule has 0 aliphatic rings. The first-order valence-electron chi connectivity index (χ1n) is 7.65. The van der Waals surface area contributed by atoms with Gasteiger partial charge in [0.05, 0.1) is 25.8 Å². The van der Waals surface area contributed by atoms with Gasteiger partial charge in [-0.1, -0.05) is 35.3 Å². The Morgan fingerprint density at radius 1 is 1.15 bits per heavy atom. The molecule has 0 saturated carbocycles. The Hall–Kier alpha value is -1.32. The molecule has 0 amide bonds. The fourth-order valence-corrected chi connectivity index (χ4v) is 2.84. The zero-order valence-corrected chi connectivity index (χ0v) is 18.9. The number of guanidine groups is 1. The summed E-state index contributed by atoms with van der Waals surface area (Å²) in [6.07, 6.45) is 0. The van der Waals surface area contributed by atoms with Crippen molar-refractivity contribution in [2.75, 3.05) is 21.3 Å². The van der Waals surface area contributed by atoms with Crippen molar-refractivity contribution < 1.29 is 9.47 Å². The average Bonchev–Trinajstić information content (AvgIpc) is 2.88. The van der Waals surface area contributed by atoms with Gasteiger partial charge >= 0.3 is 0 Å². The van der Waals surface area contributed by atoms with E-state index in [-0.39, 0.29) is 24.0 Å². The Bertz CT molecular complexity index is 765. The van der Waals surface area contributed by atoms with Crippen LogP contribution in [0.25, 0.3) is 0 Å². The fraction of sp³-hybridized carbons (Fsp3) is 0.353. The highest BCUT2D eigenvalue weighted by Crippen LogP contribution is 2.30. The highest BCUT2D eigenvalue weighted by Gasteiger charge is 2.11. The predicted molar refractivity (Wildman–Crippen MR) is 117 cm³/mol. The number of aliphatic imine (C=N–C) groups is 1. The third-order valence-corrected chi connectivity index (χ3v) is 4.65. The molecule has 0 saturated heterocycles. The van der Waals surface area contributed by atoms with Crippen LogP contribution in [-0.4, -0.2) is 31.8 Å². The van der Waals surface area contributed by atoms with Gasteiger partial charge in [0.25, 0.3) is 0 Å². The Morgan fingerprint density at radius 2 is 1.85 bits per heavy atom. The first-order chi connectivity index (χ1) is 12.0. The minimum Gasteiger partial charge on any atom is -0.493 e. The van der Waals surface area contributed by atoms with Gasteiger partial charge in [0.1, 0.15) is 5.15 Å². The minimum atomic E-state index is 0. The molecule has 0 spiro atoms. The van der Waals surface area contributed by atoms with E-state index in [1.807, 2.05) is 35.9 Å². The van der Waals surface area contributed by atoms with Gasteiger partial charge in [0.2, 0.25) is 0 Å². The Labute approximate surface area is 180 Å². The number of hydrogen-bond donors (Lipinski definition) is 2. The summed E-state index contributed by atoms with van der Waals surface area (Å²) in [5.74, 6) is 2.05. The number of nitrogens with one attached hydrogen (secondary N) is 2. The molecule has 0 unspecified atom stereocenters. The fourth-order valence-electron chi connectivity index (χ4n) is 2.43. The van der Waals surface area contributed by atoms with Crippen molar-refractivity contribution in [2.45, 2.75) is 13.1 Å². The molecule has 1 heterocycles. The van der Waals surface area contributed by atoms with E-state index in [9.17, 15) is 0 Å². The van der Waals surface area contributed by atoms with Gasteiger partial charge in [-0.3, -0.25) is 4.99 Å². The molecule has 26 heavy (non-hydrogen) atoms. The van der Waals surface area contributed by atoms with Crippen molar-refractivity contribution in [1.82, 2.24) is 15.2 Å². The second kappa shape index (κ2) is 10.7. The zero-order chi connectivity index (χ0) is 18.4. The lowest BCUT2D eigenvalue weighted by Crippen LogP contribution is -2.36. The molecule has 2 aromatic rings. The van der Waals surface area contributed by atoms with Gasteiger partial charge < -0.3 is 24.7 Å². The summed E-state index contributed by atoms with van der Waals surface area (Å²) in [5.41, 5.74) is 1.92. The van der Waals surface area contributed by atoms with Gasteiger partial charge in [0.15, 0.2) is 17.5 Å². The first kappa shape index (κ1) is 22.7. The molecule has 2 N–H and O–H groups in total. The monoisotopic (exact) mass is 512 g/mol. The quantitative estimate of drug-likeness (QED) is 0.351. The summed E-state index contributed by atoms with van der Waals surface area (Å²) in [7, 11) is 6.81. The van der Waals surface area contributed by atoms with Crippen LogP contribution >= 0.6 is 47.2 Å². The van der Waals surface area contributed by atoms with E-state index in [1.165, 1.54) is 0 Å². The van der Waals surface area contributed by atoms with Crippen LogP contribution in [0.2, 0.25) is 10.2 Å². The minimum absolute atomic E-state index is 0. The van der Waals surface area contributed by atoms with Crippen LogP contribution in [0.3, 0.4) is 0 Å². The Morgan fingerprint density at radius 3 is 2.38 bits per heavy atom. The second-order valence-electron chi connectivity index (χ2n) is 5.27. The van der Waals surface area contributed by atoms with Gasteiger partial charge in [-0.05, 0) is 12.1 Å². The number of aromatic nitrogens is 1. The normalized spacial score (nSPS) is 10.9. The summed E-state index contributed by atoms with van der Waals surface area (Å²) in [6, 6.07) is 7.58. The third kappa shape index (κ3) is 5.34. The highest BCUT2D eigenvalue weighted by molar-refractivity contribution is 14.0. The second-order valence-corrected chi connectivity index (χ2v) is 6.03. The number of rotatable bonds is 6. The number of nitrogens with zero attached hydrogens (tertiary/aromatic N) is 2. The smallest absolute Gasteiger partial charge is 0.191 e. The molecule has 9 heteroatoms. The van der Waals surface area contributed by atoms with Crippen molar-refractivity contribution in [2.24, 2.45) is 12.0 Å². The summed E-state index contributed by atoms with van der Waals surface area (Å²) < 4.78 is 12.6. The molecular formula is C17H23Cl2IN4O2. The molecule has 0 aliphatic carbocycles. The lowest BCUT2D eigenvalue weighted by atomic mass is 10.2. The molecule has 0 atom stereocenters. The molecule has 0 fully saturated rings. The van der Waals surface area contributed by atoms with Crippen LogP contribution in [0, 0.1) is 0 Å². The van der Waals surface area contributed by atoms with Gasteiger partial charge in [0, 0.05) is 31.9 Å². The van der Waals surface area contributed by atoms with Crippen LogP contribution in [0.5, 0.6) is 11.5 Å². The molecule has 144 valence electrons. The Balaban J connectivity index is 0.00000338. The average molecular weight is 513 g/mol. The maximum atomic E-state index is 6.08. The van der Waals surface area contributed by atoms with Crippen LogP contribution < -0.4 is 20.1 Å². The summed E-state index contributed by atoms with van der Waals surface area (Å²) in [5, 5.41) is 7.53. The van der Waals surface area contributed by atoms with E-state index in [2.05, 4.69) is 15.6 Å². The number of halogens is 3. The molecule has 0 radical (unpaired) electrons. The molecule has 6 nitrogen and oxygen atoms in total. The molecule has 1 aromatic carbocycles. The number of ether oxygens (including phenoxy) is 2. The van der Waals surface area contributed by atoms with Crippen LogP contribution in [0.1, 0.15) is 11.3 Å². The van der Waals surface area contributed by atoms with E-state index >= 15 is 0 Å². The largest absolute Gasteiger partial charge is 0.493 e. The van der Waals surface area contributed by atoms with Crippen LogP contribution in [0.4, 0.5) is 0 Å². The van der Waals surface area contributed by atoms with E-state index in [0.29, 0.717) is 40.7 Å². The van der Waals surface area contributed by atoms with Crippen molar-refractivity contribution >= 4 is 53.1 Å². The van der Waals surface area contributed by atoms with Crippen molar-refractivity contribution in [3.05, 3.63) is 45.7 Å². The Kier molecular flexibility index (Phi) is 9.38. The number of benzene rings is 1. The van der Waals surface area contributed by atoms with Gasteiger partial charge in [-0.15, -0.1) is 24.0 Å². The third-order valence-electron chi connectivity index (χ3n) is 3.81. The molecule has 0 bridgehead atoms. The van der Waals surface area contributed by atoms with E-state index < -0.39 is 0 Å². The number of para-hydroxylation sites is 1. The van der Waals surface area contributed by atoms with E-state index in [1.54, 1.807) is 21.3 Å². The molecule has 0 aliphatic heterocycles. The van der Waals surface area contributed by atoms with Crippen molar-refractivity contribution in [1.29, 1.82) is 0 Å². The topological polar surface area (TPSA) is 59.8 Å². The maximum Gasteiger partial charge on any atom is 0.191 e. The van der Waals surface area contributed by atoms with Crippen LogP contribution in [-0.2, 0) is 20.1 Å².